The SMILES string of the molecule is O=C(O)C1CCC(O)(CNCC2(O)CCCCC2)CC1. The molecule has 0 amide bonds. The zero-order valence-electron chi connectivity index (χ0n) is 12.1. The molecule has 0 aromatic heterocycles. The molecular weight excluding hydrogens is 258 g/mol. The number of rotatable bonds is 5. The Morgan fingerprint density at radius 3 is 1.95 bits per heavy atom. The van der Waals surface area contributed by atoms with Crippen molar-refractivity contribution in [3.63, 3.8) is 0 Å². The Bertz CT molecular complexity index is 331. The number of carboxylic acids is 1. The van der Waals surface area contributed by atoms with Crippen molar-refractivity contribution >= 4 is 5.97 Å². The Morgan fingerprint density at radius 2 is 1.45 bits per heavy atom. The molecule has 0 heterocycles. The maximum atomic E-state index is 10.9. The van der Waals surface area contributed by atoms with Gasteiger partial charge >= 0.3 is 5.97 Å². The van der Waals surface area contributed by atoms with E-state index in [0.717, 1.165) is 25.7 Å². The normalized spacial score (nSPS) is 33.8. The predicted octanol–water partition coefficient (Wildman–Crippen LogP) is 1.28. The standard InChI is InChI=1S/C15H27NO4/c17-13(18)12-4-8-15(20,9-5-12)11-16-10-14(19)6-2-1-3-7-14/h12,16,19-20H,1-11H2,(H,17,18). The van der Waals surface area contributed by atoms with E-state index < -0.39 is 17.2 Å². The summed E-state index contributed by atoms with van der Waals surface area (Å²) in [7, 11) is 0. The number of carbonyl (C=O) groups is 1. The van der Waals surface area contributed by atoms with Gasteiger partial charge in [-0.2, -0.15) is 0 Å². The van der Waals surface area contributed by atoms with E-state index in [4.69, 9.17) is 5.11 Å². The van der Waals surface area contributed by atoms with Gasteiger partial charge in [-0.1, -0.05) is 19.3 Å². The third-order valence-corrected chi connectivity index (χ3v) is 4.96. The third kappa shape index (κ3) is 4.17. The zero-order valence-corrected chi connectivity index (χ0v) is 12.1. The van der Waals surface area contributed by atoms with E-state index in [0.29, 0.717) is 38.8 Å². The molecule has 2 fully saturated rings. The van der Waals surface area contributed by atoms with Crippen LogP contribution < -0.4 is 5.32 Å². The highest BCUT2D eigenvalue weighted by Crippen LogP contribution is 2.32. The van der Waals surface area contributed by atoms with Crippen molar-refractivity contribution in [2.24, 2.45) is 5.92 Å². The smallest absolute Gasteiger partial charge is 0.306 e. The summed E-state index contributed by atoms with van der Waals surface area (Å²) in [6.45, 7) is 0.972. The number of carboxylic acid groups (broad SMARTS) is 1. The maximum absolute atomic E-state index is 10.9. The highest BCUT2D eigenvalue weighted by atomic mass is 16.4. The maximum Gasteiger partial charge on any atom is 0.306 e. The summed E-state index contributed by atoms with van der Waals surface area (Å²) in [6, 6.07) is 0. The first-order valence-corrected chi connectivity index (χ1v) is 7.81. The van der Waals surface area contributed by atoms with Crippen molar-refractivity contribution in [3.8, 4) is 0 Å². The van der Waals surface area contributed by atoms with Crippen LogP contribution in [0.5, 0.6) is 0 Å². The molecule has 116 valence electrons. The molecule has 0 radical (unpaired) electrons. The van der Waals surface area contributed by atoms with Crippen molar-refractivity contribution in [1.82, 2.24) is 5.32 Å². The van der Waals surface area contributed by atoms with Crippen molar-refractivity contribution < 1.29 is 20.1 Å². The number of aliphatic carboxylic acids is 1. The Hall–Kier alpha value is -0.650. The molecule has 0 bridgehead atoms. The highest BCUT2D eigenvalue weighted by Gasteiger charge is 2.36. The lowest BCUT2D eigenvalue weighted by Gasteiger charge is -2.37. The summed E-state index contributed by atoms with van der Waals surface area (Å²) in [6.07, 6.45) is 7.13. The van der Waals surface area contributed by atoms with Gasteiger partial charge in [0.25, 0.3) is 0 Å². The van der Waals surface area contributed by atoms with Gasteiger partial charge in [0.1, 0.15) is 0 Å². The molecule has 0 saturated heterocycles. The Balaban J connectivity index is 1.72. The summed E-state index contributed by atoms with van der Waals surface area (Å²) in [4.78, 5) is 10.9. The number of hydrogen-bond donors (Lipinski definition) is 4. The van der Waals surface area contributed by atoms with Gasteiger partial charge in [0, 0.05) is 13.1 Å². The summed E-state index contributed by atoms with van der Waals surface area (Å²) < 4.78 is 0. The summed E-state index contributed by atoms with van der Waals surface area (Å²) in [5, 5.41) is 33.0. The lowest BCUT2D eigenvalue weighted by Crippen LogP contribution is -2.49. The lowest BCUT2D eigenvalue weighted by atomic mass is 9.78. The fourth-order valence-corrected chi connectivity index (χ4v) is 3.49. The zero-order chi connectivity index (χ0) is 14.6. The van der Waals surface area contributed by atoms with Gasteiger partial charge < -0.3 is 20.6 Å². The summed E-state index contributed by atoms with van der Waals surface area (Å²) in [5.74, 6) is -1.06. The molecule has 2 saturated carbocycles. The molecule has 0 aromatic carbocycles. The molecule has 0 spiro atoms. The second-order valence-electron chi connectivity index (χ2n) is 6.73. The number of hydrogen-bond acceptors (Lipinski definition) is 4. The van der Waals surface area contributed by atoms with Crippen molar-refractivity contribution in [3.05, 3.63) is 0 Å². The molecule has 5 heteroatoms. The van der Waals surface area contributed by atoms with E-state index in [1.54, 1.807) is 0 Å². The molecule has 0 atom stereocenters. The van der Waals surface area contributed by atoms with Crippen molar-refractivity contribution in [2.75, 3.05) is 13.1 Å². The minimum Gasteiger partial charge on any atom is -0.481 e. The fourth-order valence-electron chi connectivity index (χ4n) is 3.49. The monoisotopic (exact) mass is 285 g/mol. The Kier molecular flexibility index (Phi) is 5.04. The summed E-state index contributed by atoms with van der Waals surface area (Å²) >= 11 is 0. The molecule has 2 rings (SSSR count). The fraction of sp³-hybridized carbons (Fsp3) is 0.933. The van der Waals surface area contributed by atoms with Gasteiger partial charge in [-0.05, 0) is 38.5 Å². The van der Waals surface area contributed by atoms with Gasteiger partial charge in [0.2, 0.25) is 0 Å². The molecule has 5 nitrogen and oxygen atoms in total. The first-order chi connectivity index (χ1) is 9.43. The number of aliphatic hydroxyl groups is 2. The topological polar surface area (TPSA) is 89.8 Å². The van der Waals surface area contributed by atoms with E-state index in [1.807, 2.05) is 0 Å². The van der Waals surface area contributed by atoms with Crippen LogP contribution in [0.15, 0.2) is 0 Å². The van der Waals surface area contributed by atoms with Gasteiger partial charge in [0.15, 0.2) is 0 Å². The molecule has 20 heavy (non-hydrogen) atoms. The van der Waals surface area contributed by atoms with Gasteiger partial charge in [-0.3, -0.25) is 4.79 Å². The molecule has 0 unspecified atom stereocenters. The average Bonchev–Trinajstić information content (AvgIpc) is 2.39. The van der Waals surface area contributed by atoms with Gasteiger partial charge in [-0.15, -0.1) is 0 Å². The number of nitrogens with one attached hydrogen (secondary N) is 1. The molecule has 0 aromatic rings. The van der Waals surface area contributed by atoms with E-state index in [-0.39, 0.29) is 5.92 Å². The minimum atomic E-state index is -0.809. The van der Waals surface area contributed by atoms with Crippen LogP contribution in [-0.4, -0.2) is 45.6 Å². The van der Waals surface area contributed by atoms with Crippen LogP contribution >= 0.6 is 0 Å². The van der Waals surface area contributed by atoms with Crippen LogP contribution in [0.1, 0.15) is 57.8 Å². The van der Waals surface area contributed by atoms with Crippen LogP contribution in [0.4, 0.5) is 0 Å². The summed E-state index contributed by atoms with van der Waals surface area (Å²) in [5.41, 5.74) is -1.43. The predicted molar refractivity (Wildman–Crippen MR) is 75.4 cm³/mol. The molecular formula is C15H27NO4. The first-order valence-electron chi connectivity index (χ1n) is 7.81. The molecule has 2 aliphatic carbocycles. The molecule has 4 N–H and O–H groups in total. The van der Waals surface area contributed by atoms with Gasteiger partial charge in [-0.25, -0.2) is 0 Å². The quantitative estimate of drug-likeness (QED) is 0.611. The first kappa shape index (κ1) is 15.7. The Morgan fingerprint density at radius 1 is 0.950 bits per heavy atom. The lowest BCUT2D eigenvalue weighted by molar-refractivity contribution is -0.144. The van der Waals surface area contributed by atoms with Crippen molar-refractivity contribution in [1.29, 1.82) is 0 Å². The Labute approximate surface area is 120 Å². The second kappa shape index (κ2) is 6.41. The van der Waals surface area contributed by atoms with Crippen LogP contribution in [0.2, 0.25) is 0 Å². The van der Waals surface area contributed by atoms with Crippen LogP contribution in [-0.2, 0) is 4.79 Å². The van der Waals surface area contributed by atoms with E-state index in [2.05, 4.69) is 5.32 Å². The highest BCUT2D eigenvalue weighted by molar-refractivity contribution is 5.70. The van der Waals surface area contributed by atoms with E-state index in [9.17, 15) is 15.0 Å². The van der Waals surface area contributed by atoms with E-state index >= 15 is 0 Å². The minimum absolute atomic E-state index is 0.308. The molecule has 0 aliphatic heterocycles. The van der Waals surface area contributed by atoms with E-state index in [1.165, 1.54) is 6.42 Å². The average molecular weight is 285 g/mol. The molecule has 2 aliphatic rings. The van der Waals surface area contributed by atoms with Crippen LogP contribution in [0, 0.1) is 5.92 Å². The van der Waals surface area contributed by atoms with Crippen LogP contribution in [0.25, 0.3) is 0 Å². The van der Waals surface area contributed by atoms with Crippen LogP contribution in [0.3, 0.4) is 0 Å². The third-order valence-electron chi connectivity index (χ3n) is 4.96. The van der Waals surface area contributed by atoms with Gasteiger partial charge in [0.05, 0.1) is 17.1 Å². The van der Waals surface area contributed by atoms with Crippen molar-refractivity contribution in [2.45, 2.75) is 69.0 Å². The second-order valence-corrected chi connectivity index (χ2v) is 6.73. The largest absolute Gasteiger partial charge is 0.481 e.